The molecule has 1 unspecified atom stereocenters. The molecular formula is C12H16N4O. The minimum absolute atomic E-state index is 0.171. The molecule has 1 aromatic rings. The van der Waals surface area contributed by atoms with Gasteiger partial charge in [0.2, 0.25) is 0 Å². The number of para-hydroxylation sites is 1. The third-order valence-electron chi connectivity index (χ3n) is 2.86. The van der Waals surface area contributed by atoms with Crippen LogP contribution < -0.4 is 16.4 Å². The molecule has 0 spiro atoms. The van der Waals surface area contributed by atoms with Crippen LogP contribution in [0.15, 0.2) is 35.3 Å². The van der Waals surface area contributed by atoms with E-state index in [0.717, 1.165) is 25.1 Å². The lowest BCUT2D eigenvalue weighted by molar-refractivity contribution is -0.118. The molecule has 17 heavy (non-hydrogen) atoms. The number of anilines is 1. The van der Waals surface area contributed by atoms with Gasteiger partial charge in [0.05, 0.1) is 0 Å². The van der Waals surface area contributed by atoms with E-state index in [1.54, 1.807) is 0 Å². The molecule has 4 N–H and O–H groups in total. The first-order chi connectivity index (χ1) is 8.18. The van der Waals surface area contributed by atoms with Crippen molar-refractivity contribution in [3.05, 3.63) is 30.3 Å². The Hall–Kier alpha value is -2.04. The molecule has 0 aliphatic carbocycles. The second kappa shape index (κ2) is 4.86. The number of benzene rings is 1. The Morgan fingerprint density at radius 3 is 2.65 bits per heavy atom. The van der Waals surface area contributed by atoms with Crippen molar-refractivity contribution in [2.24, 2.45) is 16.5 Å². The summed E-state index contributed by atoms with van der Waals surface area (Å²) >= 11 is 0. The summed E-state index contributed by atoms with van der Waals surface area (Å²) in [5.41, 5.74) is 11.5. The van der Waals surface area contributed by atoms with E-state index in [2.05, 4.69) is 9.89 Å². The van der Waals surface area contributed by atoms with E-state index in [4.69, 9.17) is 11.5 Å². The van der Waals surface area contributed by atoms with Crippen molar-refractivity contribution in [3.63, 3.8) is 0 Å². The molecule has 1 aliphatic heterocycles. The Kier molecular flexibility index (Phi) is 3.27. The van der Waals surface area contributed by atoms with Gasteiger partial charge in [-0.1, -0.05) is 18.2 Å². The number of nitrogens with zero attached hydrogens (tertiary/aromatic N) is 2. The summed E-state index contributed by atoms with van der Waals surface area (Å²) in [5, 5.41) is 0. The van der Waals surface area contributed by atoms with Crippen LogP contribution in [-0.4, -0.2) is 24.5 Å². The number of guanidine groups is 1. The van der Waals surface area contributed by atoms with Crippen LogP contribution in [0.5, 0.6) is 0 Å². The molecule has 1 fully saturated rings. The van der Waals surface area contributed by atoms with E-state index in [-0.39, 0.29) is 17.9 Å². The van der Waals surface area contributed by atoms with Crippen LogP contribution in [0, 0.1) is 0 Å². The lowest BCUT2D eigenvalue weighted by atomic mass is 10.2. The number of nitrogens with two attached hydrogens (primary N) is 2. The second-order valence-electron chi connectivity index (χ2n) is 4.06. The summed E-state index contributed by atoms with van der Waals surface area (Å²) in [5.74, 6) is -0.429. The predicted octanol–water partition coefficient (Wildman–Crippen LogP) is 0.455. The summed E-state index contributed by atoms with van der Waals surface area (Å²) < 4.78 is 0. The van der Waals surface area contributed by atoms with Gasteiger partial charge < -0.3 is 16.4 Å². The molecule has 1 amide bonds. The van der Waals surface area contributed by atoms with Gasteiger partial charge >= 0.3 is 0 Å². The van der Waals surface area contributed by atoms with Crippen LogP contribution in [0.2, 0.25) is 0 Å². The minimum Gasteiger partial charge on any atom is -0.370 e. The maximum absolute atomic E-state index is 11.9. The molecule has 1 saturated heterocycles. The van der Waals surface area contributed by atoms with Crippen LogP contribution in [-0.2, 0) is 4.79 Å². The Morgan fingerprint density at radius 2 is 2.00 bits per heavy atom. The summed E-state index contributed by atoms with van der Waals surface area (Å²) in [4.78, 5) is 17.5. The topological polar surface area (TPSA) is 84.7 Å². The minimum atomic E-state index is -0.258. The highest BCUT2D eigenvalue weighted by molar-refractivity contribution is 5.96. The lowest BCUT2D eigenvalue weighted by Gasteiger charge is -2.24. The molecule has 1 atom stereocenters. The van der Waals surface area contributed by atoms with Gasteiger partial charge in [-0.2, -0.15) is 4.99 Å². The molecule has 0 aromatic heterocycles. The SMILES string of the molecule is NC(N)=NC(=O)C1CCCN1c1ccccc1. The van der Waals surface area contributed by atoms with E-state index in [0.29, 0.717) is 0 Å². The van der Waals surface area contributed by atoms with Crippen molar-refractivity contribution >= 4 is 17.6 Å². The monoisotopic (exact) mass is 232 g/mol. The average molecular weight is 232 g/mol. The standard InChI is InChI=1S/C12H16N4O/c13-12(14)15-11(17)10-7-4-8-16(10)9-5-2-1-3-6-9/h1-3,5-6,10H,4,7-8H2,(H4,13,14,15,17). The quantitative estimate of drug-likeness (QED) is 0.573. The molecule has 5 heteroatoms. The molecule has 0 bridgehead atoms. The van der Waals surface area contributed by atoms with E-state index in [1.807, 2.05) is 30.3 Å². The number of amides is 1. The molecule has 5 nitrogen and oxygen atoms in total. The van der Waals surface area contributed by atoms with Crippen LogP contribution in [0.25, 0.3) is 0 Å². The summed E-state index contributed by atoms with van der Waals surface area (Å²) in [6.07, 6.45) is 1.77. The molecular weight excluding hydrogens is 216 g/mol. The molecule has 0 radical (unpaired) electrons. The first-order valence-corrected chi connectivity index (χ1v) is 5.63. The number of rotatable bonds is 2. The van der Waals surface area contributed by atoms with Crippen molar-refractivity contribution < 1.29 is 4.79 Å². The smallest absolute Gasteiger partial charge is 0.271 e. The Balaban J connectivity index is 2.18. The van der Waals surface area contributed by atoms with Crippen molar-refractivity contribution in [2.75, 3.05) is 11.4 Å². The van der Waals surface area contributed by atoms with Gasteiger partial charge in [0.1, 0.15) is 6.04 Å². The highest BCUT2D eigenvalue weighted by atomic mass is 16.2. The summed E-state index contributed by atoms with van der Waals surface area (Å²) in [6, 6.07) is 9.60. The van der Waals surface area contributed by atoms with Crippen molar-refractivity contribution in [1.82, 2.24) is 0 Å². The van der Waals surface area contributed by atoms with Crippen LogP contribution in [0.1, 0.15) is 12.8 Å². The highest BCUT2D eigenvalue weighted by Crippen LogP contribution is 2.25. The number of hydrogen-bond acceptors (Lipinski definition) is 2. The maximum Gasteiger partial charge on any atom is 0.271 e. The zero-order chi connectivity index (χ0) is 12.3. The van der Waals surface area contributed by atoms with E-state index < -0.39 is 0 Å². The first-order valence-electron chi connectivity index (χ1n) is 5.63. The third-order valence-corrected chi connectivity index (χ3v) is 2.86. The molecule has 1 aliphatic rings. The summed E-state index contributed by atoms with van der Waals surface area (Å²) in [7, 11) is 0. The third kappa shape index (κ3) is 2.55. The van der Waals surface area contributed by atoms with Gasteiger partial charge in [0, 0.05) is 12.2 Å². The molecule has 90 valence electrons. The lowest BCUT2D eigenvalue weighted by Crippen LogP contribution is -2.37. The molecule has 1 aromatic carbocycles. The first kappa shape index (κ1) is 11.4. The average Bonchev–Trinajstić information content (AvgIpc) is 2.78. The number of aliphatic imine (C=N–C) groups is 1. The van der Waals surface area contributed by atoms with Gasteiger partial charge in [-0.15, -0.1) is 0 Å². The summed E-state index contributed by atoms with van der Waals surface area (Å²) in [6.45, 7) is 0.862. The van der Waals surface area contributed by atoms with Gasteiger partial charge in [-0.25, -0.2) is 0 Å². The molecule has 2 rings (SSSR count). The maximum atomic E-state index is 11.9. The number of carbonyl (C=O) groups is 1. The van der Waals surface area contributed by atoms with Gasteiger partial charge in [0.15, 0.2) is 5.96 Å². The normalized spacial score (nSPS) is 19.1. The largest absolute Gasteiger partial charge is 0.370 e. The van der Waals surface area contributed by atoms with E-state index >= 15 is 0 Å². The predicted molar refractivity (Wildman–Crippen MR) is 67.6 cm³/mol. The number of carbonyl (C=O) groups excluding carboxylic acids is 1. The van der Waals surface area contributed by atoms with Gasteiger partial charge in [0.25, 0.3) is 5.91 Å². The highest BCUT2D eigenvalue weighted by Gasteiger charge is 2.30. The zero-order valence-electron chi connectivity index (χ0n) is 9.54. The fourth-order valence-electron chi connectivity index (χ4n) is 2.15. The van der Waals surface area contributed by atoms with Crippen molar-refractivity contribution in [3.8, 4) is 0 Å². The fourth-order valence-corrected chi connectivity index (χ4v) is 2.15. The van der Waals surface area contributed by atoms with Crippen LogP contribution >= 0.6 is 0 Å². The van der Waals surface area contributed by atoms with Gasteiger partial charge in [-0.3, -0.25) is 4.79 Å². The van der Waals surface area contributed by atoms with Crippen molar-refractivity contribution in [1.29, 1.82) is 0 Å². The van der Waals surface area contributed by atoms with Crippen LogP contribution in [0.3, 0.4) is 0 Å². The zero-order valence-corrected chi connectivity index (χ0v) is 9.54. The Labute approximate surface area is 100 Å². The van der Waals surface area contributed by atoms with E-state index in [1.165, 1.54) is 0 Å². The van der Waals surface area contributed by atoms with Crippen LogP contribution in [0.4, 0.5) is 5.69 Å². The Morgan fingerprint density at radius 1 is 1.29 bits per heavy atom. The molecule has 0 saturated carbocycles. The van der Waals surface area contributed by atoms with Crippen molar-refractivity contribution in [2.45, 2.75) is 18.9 Å². The fraction of sp³-hybridized carbons (Fsp3) is 0.333. The van der Waals surface area contributed by atoms with Gasteiger partial charge in [-0.05, 0) is 25.0 Å². The molecule has 1 heterocycles. The second-order valence-corrected chi connectivity index (χ2v) is 4.06. The Bertz CT molecular complexity index is 425. The van der Waals surface area contributed by atoms with E-state index in [9.17, 15) is 4.79 Å². The number of hydrogen-bond donors (Lipinski definition) is 2.